The van der Waals surface area contributed by atoms with E-state index in [2.05, 4.69) is 0 Å². The van der Waals surface area contributed by atoms with Crippen molar-refractivity contribution in [2.45, 2.75) is 30.5 Å². The maximum absolute atomic E-state index is 12.2. The average Bonchev–Trinajstić information content (AvgIpc) is 2.68. The zero-order valence-corrected chi connectivity index (χ0v) is 15.4. The lowest BCUT2D eigenvalue weighted by Crippen LogP contribution is -2.48. The van der Waals surface area contributed by atoms with Crippen molar-refractivity contribution in [3.8, 4) is 5.75 Å². The summed E-state index contributed by atoms with van der Waals surface area (Å²) in [6.07, 6.45) is -1.79. The molecule has 2 aromatic rings. The van der Waals surface area contributed by atoms with Gasteiger partial charge < -0.3 is 30.4 Å². The molecule has 0 aromatic heterocycles. The van der Waals surface area contributed by atoms with E-state index in [0.717, 1.165) is 0 Å². The number of hydrogen-bond donors (Lipinski definition) is 6. The third-order valence-electron chi connectivity index (χ3n) is 4.72. The smallest absolute Gasteiger partial charge is 0.218 e. The largest absolute Gasteiger partial charge is 0.508 e. The highest BCUT2D eigenvalue weighted by Crippen LogP contribution is 2.37. The standard InChI is InChI=1S/C19H20ClNO7/c20-15-6-1-10(18-17(21-27)16(24)8-13(9-22)28-18)7-14(15)19(25,26)11-2-4-12(23)5-3-11/h1-7,13,17-18,21-23,25-27H,8-9H2. The normalized spacial score (nSPS) is 23.0. The molecule has 8 nitrogen and oxygen atoms in total. The van der Waals surface area contributed by atoms with Crippen molar-refractivity contribution in [2.24, 2.45) is 0 Å². The van der Waals surface area contributed by atoms with E-state index in [1.165, 1.54) is 42.5 Å². The van der Waals surface area contributed by atoms with Crippen LogP contribution >= 0.6 is 11.6 Å². The molecule has 6 N–H and O–H groups in total. The summed E-state index contributed by atoms with van der Waals surface area (Å²) in [6, 6.07) is 8.48. The van der Waals surface area contributed by atoms with Crippen LogP contribution in [0.4, 0.5) is 0 Å². The number of Topliss-reactive ketones (excluding diaryl/α,β-unsaturated/α-hetero) is 1. The highest BCUT2D eigenvalue weighted by atomic mass is 35.5. The van der Waals surface area contributed by atoms with Gasteiger partial charge >= 0.3 is 0 Å². The number of carbonyl (C=O) groups is 1. The van der Waals surface area contributed by atoms with Crippen molar-refractivity contribution in [3.63, 3.8) is 0 Å². The first-order valence-corrected chi connectivity index (χ1v) is 8.88. The Hall–Kier alpha value is -2.04. The van der Waals surface area contributed by atoms with Crippen LogP contribution in [0.3, 0.4) is 0 Å². The van der Waals surface area contributed by atoms with Gasteiger partial charge in [0, 0.05) is 22.6 Å². The van der Waals surface area contributed by atoms with Crippen LogP contribution in [0.25, 0.3) is 0 Å². The Morgan fingerprint density at radius 1 is 1.18 bits per heavy atom. The first-order chi connectivity index (χ1) is 13.3. The minimum atomic E-state index is -2.49. The van der Waals surface area contributed by atoms with E-state index in [4.69, 9.17) is 16.3 Å². The molecule has 0 amide bonds. The van der Waals surface area contributed by atoms with Gasteiger partial charge in [0.25, 0.3) is 0 Å². The van der Waals surface area contributed by atoms with E-state index >= 15 is 0 Å². The molecule has 0 aliphatic carbocycles. The van der Waals surface area contributed by atoms with Crippen LogP contribution in [0.1, 0.15) is 29.2 Å². The Morgan fingerprint density at radius 2 is 1.86 bits per heavy atom. The molecule has 1 saturated heterocycles. The molecule has 0 radical (unpaired) electrons. The third kappa shape index (κ3) is 3.89. The fourth-order valence-corrected chi connectivity index (χ4v) is 3.46. The Labute approximate surface area is 165 Å². The molecule has 0 spiro atoms. The Balaban J connectivity index is 2.03. The topological polar surface area (TPSA) is 139 Å². The van der Waals surface area contributed by atoms with Crippen molar-refractivity contribution < 1.29 is 35.2 Å². The van der Waals surface area contributed by atoms with Gasteiger partial charge in [-0.2, -0.15) is 5.48 Å². The molecule has 3 atom stereocenters. The molecule has 9 heteroatoms. The summed E-state index contributed by atoms with van der Waals surface area (Å²) in [4.78, 5) is 12.2. The van der Waals surface area contributed by atoms with Gasteiger partial charge in [0.2, 0.25) is 5.79 Å². The molecule has 3 rings (SSSR count). The molecule has 2 aromatic carbocycles. The number of ether oxygens (including phenoxy) is 1. The number of phenolic OH excluding ortho intramolecular Hbond substituents is 1. The number of halogens is 1. The van der Waals surface area contributed by atoms with Gasteiger partial charge in [0.1, 0.15) is 17.9 Å². The molecule has 1 aliphatic heterocycles. The summed E-state index contributed by atoms with van der Waals surface area (Å²) in [5.41, 5.74) is 2.26. The maximum Gasteiger partial charge on any atom is 0.218 e. The summed E-state index contributed by atoms with van der Waals surface area (Å²) in [5.74, 6) is -2.88. The minimum absolute atomic E-state index is 0.0413. The van der Waals surface area contributed by atoms with Gasteiger partial charge in [0.05, 0.1) is 12.7 Å². The van der Waals surface area contributed by atoms with Crippen LogP contribution in [0.15, 0.2) is 42.5 Å². The van der Waals surface area contributed by atoms with Crippen molar-refractivity contribution in [3.05, 3.63) is 64.2 Å². The van der Waals surface area contributed by atoms with E-state index in [9.17, 15) is 30.4 Å². The van der Waals surface area contributed by atoms with Gasteiger partial charge in [-0.1, -0.05) is 17.7 Å². The molecule has 1 fully saturated rings. The minimum Gasteiger partial charge on any atom is -0.508 e. The van der Waals surface area contributed by atoms with Gasteiger partial charge in [-0.3, -0.25) is 4.79 Å². The molecule has 0 bridgehead atoms. The van der Waals surface area contributed by atoms with Gasteiger partial charge in [-0.25, -0.2) is 0 Å². The monoisotopic (exact) mass is 409 g/mol. The number of ketones is 1. The number of carbonyl (C=O) groups excluding carboxylic acids is 1. The first-order valence-electron chi connectivity index (χ1n) is 8.50. The summed E-state index contributed by atoms with van der Waals surface area (Å²) in [6.45, 7) is -0.377. The van der Waals surface area contributed by atoms with Crippen molar-refractivity contribution in [1.82, 2.24) is 5.48 Å². The van der Waals surface area contributed by atoms with Crippen molar-refractivity contribution in [2.75, 3.05) is 6.61 Å². The number of aromatic hydroxyl groups is 1. The number of nitrogens with one attached hydrogen (secondary N) is 1. The van der Waals surface area contributed by atoms with Crippen LogP contribution < -0.4 is 5.48 Å². The number of aliphatic hydroxyl groups is 3. The van der Waals surface area contributed by atoms with Crippen molar-refractivity contribution in [1.29, 1.82) is 0 Å². The summed E-state index contributed by atoms with van der Waals surface area (Å²) >= 11 is 6.17. The first kappa shape index (κ1) is 20.7. The van der Waals surface area contributed by atoms with Gasteiger partial charge in [-0.15, -0.1) is 0 Å². The Bertz CT molecular complexity index is 856. The number of rotatable bonds is 5. The quantitative estimate of drug-likeness (QED) is 0.317. The maximum atomic E-state index is 12.2. The fourth-order valence-electron chi connectivity index (χ4n) is 3.21. The van der Waals surface area contributed by atoms with E-state index < -0.39 is 24.0 Å². The fraction of sp³-hybridized carbons (Fsp3) is 0.316. The van der Waals surface area contributed by atoms with E-state index in [1.54, 1.807) is 0 Å². The van der Waals surface area contributed by atoms with E-state index in [0.29, 0.717) is 5.56 Å². The number of aliphatic hydroxyl groups excluding tert-OH is 1. The number of benzene rings is 2. The lowest BCUT2D eigenvalue weighted by Gasteiger charge is -2.35. The van der Waals surface area contributed by atoms with E-state index in [-0.39, 0.29) is 40.7 Å². The molecular formula is C19H20ClNO7. The summed E-state index contributed by atoms with van der Waals surface area (Å²) < 4.78 is 5.69. The van der Waals surface area contributed by atoms with Crippen LogP contribution in [-0.2, 0) is 15.3 Å². The van der Waals surface area contributed by atoms with Gasteiger partial charge in [0.15, 0.2) is 5.78 Å². The predicted octanol–water partition coefficient (Wildman–Crippen LogP) is 0.970. The van der Waals surface area contributed by atoms with Crippen LogP contribution in [-0.4, -0.2) is 50.2 Å². The Morgan fingerprint density at radius 3 is 2.46 bits per heavy atom. The lowest BCUT2D eigenvalue weighted by atomic mass is 9.89. The SMILES string of the molecule is O=C1CC(CO)OC(c2ccc(Cl)c(C(O)(O)c3ccc(O)cc3)c2)C1NO. The molecule has 0 saturated carbocycles. The molecule has 1 heterocycles. The second kappa shape index (κ2) is 8.14. The predicted molar refractivity (Wildman–Crippen MR) is 97.8 cm³/mol. The highest BCUT2D eigenvalue weighted by molar-refractivity contribution is 6.31. The van der Waals surface area contributed by atoms with E-state index in [1.807, 2.05) is 5.48 Å². The van der Waals surface area contributed by atoms with Crippen molar-refractivity contribution >= 4 is 17.4 Å². The molecule has 28 heavy (non-hydrogen) atoms. The second-order valence-corrected chi connectivity index (χ2v) is 7.00. The number of phenols is 1. The van der Waals surface area contributed by atoms with Gasteiger partial charge in [-0.05, 0) is 42.0 Å². The summed E-state index contributed by atoms with van der Waals surface area (Å²) in [7, 11) is 0. The molecule has 1 aliphatic rings. The Kier molecular flexibility index (Phi) is 6.01. The summed E-state index contributed by atoms with van der Waals surface area (Å²) in [5, 5.41) is 49.6. The number of hydroxylamine groups is 1. The molecule has 150 valence electrons. The highest BCUT2D eigenvalue weighted by Gasteiger charge is 2.39. The van der Waals surface area contributed by atoms with Crippen LogP contribution in [0, 0.1) is 0 Å². The second-order valence-electron chi connectivity index (χ2n) is 6.60. The van der Waals surface area contributed by atoms with Crippen LogP contribution in [0.5, 0.6) is 5.75 Å². The zero-order chi connectivity index (χ0) is 20.5. The van der Waals surface area contributed by atoms with Crippen LogP contribution in [0.2, 0.25) is 5.02 Å². The zero-order valence-electron chi connectivity index (χ0n) is 14.6. The lowest BCUT2D eigenvalue weighted by molar-refractivity contribution is -0.152. The number of hydrogen-bond acceptors (Lipinski definition) is 8. The average molecular weight is 410 g/mol. The molecular weight excluding hydrogens is 390 g/mol. The molecule has 3 unspecified atom stereocenters. The third-order valence-corrected chi connectivity index (χ3v) is 5.05.